The van der Waals surface area contributed by atoms with Crippen LogP contribution in [0, 0.1) is 11.6 Å². The first-order chi connectivity index (χ1) is 8.58. The number of rotatable bonds is 3. The quantitative estimate of drug-likeness (QED) is 0.605. The van der Waals surface area contributed by atoms with Gasteiger partial charge in [-0.2, -0.15) is 0 Å². The minimum absolute atomic E-state index is 0.000537. The molecule has 2 rings (SSSR count). The van der Waals surface area contributed by atoms with Crippen molar-refractivity contribution in [2.45, 2.75) is 6.42 Å². The first kappa shape index (κ1) is 12.7. The maximum Gasteiger partial charge on any atom is 0.168 e. The molecule has 0 spiro atoms. The van der Waals surface area contributed by atoms with E-state index in [1.165, 1.54) is 0 Å². The van der Waals surface area contributed by atoms with Crippen molar-refractivity contribution in [3.63, 3.8) is 0 Å². The Morgan fingerprint density at radius 2 is 1.67 bits per heavy atom. The summed E-state index contributed by atoms with van der Waals surface area (Å²) >= 11 is 5.74. The molecular weight excluding hydrogens is 258 g/mol. The Labute approximate surface area is 108 Å². The van der Waals surface area contributed by atoms with E-state index in [0.29, 0.717) is 0 Å². The summed E-state index contributed by atoms with van der Waals surface area (Å²) in [6.45, 7) is 0. The molecule has 92 valence electrons. The third-order valence-corrected chi connectivity index (χ3v) is 2.83. The van der Waals surface area contributed by atoms with Gasteiger partial charge in [-0.25, -0.2) is 8.78 Å². The van der Waals surface area contributed by atoms with Crippen molar-refractivity contribution in [3.8, 4) is 0 Å². The highest BCUT2D eigenvalue weighted by atomic mass is 35.5. The van der Waals surface area contributed by atoms with Crippen LogP contribution in [0.3, 0.4) is 0 Å². The molecule has 2 aromatic carbocycles. The van der Waals surface area contributed by atoms with Gasteiger partial charge < -0.3 is 0 Å². The van der Waals surface area contributed by atoms with Gasteiger partial charge in [0.2, 0.25) is 0 Å². The van der Waals surface area contributed by atoms with E-state index in [1.807, 2.05) is 6.07 Å². The number of halogens is 3. The van der Waals surface area contributed by atoms with Gasteiger partial charge in [-0.1, -0.05) is 41.9 Å². The standard InChI is InChI=1S/C14H9ClF2O/c15-11-8-13(17)12(16)7-10(11)14(18)6-9-4-2-1-3-5-9/h1-5,7-8H,6H2. The highest BCUT2D eigenvalue weighted by Gasteiger charge is 2.15. The summed E-state index contributed by atoms with van der Waals surface area (Å²) in [5, 5.41) is -0.0742. The molecule has 0 radical (unpaired) electrons. The molecule has 0 bridgehead atoms. The van der Waals surface area contributed by atoms with E-state index in [2.05, 4.69) is 0 Å². The van der Waals surface area contributed by atoms with E-state index < -0.39 is 11.6 Å². The van der Waals surface area contributed by atoms with E-state index in [-0.39, 0.29) is 22.8 Å². The molecule has 0 atom stereocenters. The van der Waals surface area contributed by atoms with Crippen LogP contribution in [0.15, 0.2) is 42.5 Å². The molecule has 0 aliphatic heterocycles. The highest BCUT2D eigenvalue weighted by molar-refractivity contribution is 6.34. The van der Waals surface area contributed by atoms with E-state index >= 15 is 0 Å². The molecule has 18 heavy (non-hydrogen) atoms. The van der Waals surface area contributed by atoms with Gasteiger partial charge in [-0.05, 0) is 17.7 Å². The molecule has 1 nitrogen and oxygen atoms in total. The predicted molar refractivity (Wildman–Crippen MR) is 65.8 cm³/mol. The molecular formula is C14H9ClF2O. The van der Waals surface area contributed by atoms with Crippen molar-refractivity contribution in [3.05, 3.63) is 70.2 Å². The summed E-state index contributed by atoms with van der Waals surface area (Å²) < 4.78 is 26.0. The number of ketones is 1. The van der Waals surface area contributed by atoms with E-state index in [4.69, 9.17) is 11.6 Å². The zero-order valence-corrected chi connectivity index (χ0v) is 10.0. The number of carbonyl (C=O) groups is 1. The lowest BCUT2D eigenvalue weighted by molar-refractivity contribution is 0.0992. The molecule has 0 aliphatic rings. The Balaban J connectivity index is 2.27. The average Bonchev–Trinajstić information content (AvgIpc) is 2.35. The topological polar surface area (TPSA) is 17.1 Å². The number of benzene rings is 2. The minimum Gasteiger partial charge on any atom is -0.294 e. The van der Waals surface area contributed by atoms with Crippen LogP contribution in [0.2, 0.25) is 5.02 Å². The molecule has 0 aromatic heterocycles. The minimum atomic E-state index is -1.07. The fraction of sp³-hybridized carbons (Fsp3) is 0.0714. The van der Waals surface area contributed by atoms with Crippen LogP contribution < -0.4 is 0 Å². The molecule has 2 aromatic rings. The molecule has 0 aliphatic carbocycles. The van der Waals surface area contributed by atoms with Gasteiger partial charge in [0.25, 0.3) is 0 Å². The lowest BCUT2D eigenvalue weighted by atomic mass is 10.0. The summed E-state index contributed by atoms with van der Waals surface area (Å²) in [4.78, 5) is 11.9. The third-order valence-electron chi connectivity index (χ3n) is 2.52. The second-order valence-corrected chi connectivity index (χ2v) is 4.24. The van der Waals surface area contributed by atoms with Crippen LogP contribution in [0.1, 0.15) is 15.9 Å². The molecule has 0 N–H and O–H groups in total. The molecule has 0 fully saturated rings. The van der Waals surface area contributed by atoms with Crippen molar-refractivity contribution < 1.29 is 13.6 Å². The SMILES string of the molecule is O=C(Cc1ccccc1)c1cc(F)c(F)cc1Cl. The zero-order valence-electron chi connectivity index (χ0n) is 9.29. The normalized spacial score (nSPS) is 10.4. The number of hydrogen-bond donors (Lipinski definition) is 0. The van der Waals surface area contributed by atoms with Crippen molar-refractivity contribution in [2.24, 2.45) is 0 Å². The summed E-state index contributed by atoms with van der Waals surface area (Å²) in [6.07, 6.45) is 0.103. The van der Waals surface area contributed by atoms with E-state index in [1.54, 1.807) is 24.3 Å². The smallest absolute Gasteiger partial charge is 0.168 e. The maximum absolute atomic E-state index is 13.1. The Kier molecular flexibility index (Phi) is 3.72. The molecule has 0 amide bonds. The summed E-state index contributed by atoms with van der Waals surface area (Å²) in [6, 6.07) is 10.7. The van der Waals surface area contributed by atoms with Crippen molar-refractivity contribution in [1.29, 1.82) is 0 Å². The van der Waals surface area contributed by atoms with Gasteiger partial charge >= 0.3 is 0 Å². The Bertz CT molecular complexity index is 582. The van der Waals surface area contributed by atoms with Crippen LogP contribution in [0.4, 0.5) is 8.78 Å². The molecule has 0 heterocycles. The first-order valence-electron chi connectivity index (χ1n) is 5.29. The summed E-state index contributed by atoms with van der Waals surface area (Å²) in [7, 11) is 0. The summed E-state index contributed by atoms with van der Waals surface area (Å²) in [5.74, 6) is -2.47. The van der Waals surface area contributed by atoms with Gasteiger partial charge in [0.15, 0.2) is 17.4 Å². The van der Waals surface area contributed by atoms with Crippen molar-refractivity contribution in [1.82, 2.24) is 0 Å². The van der Waals surface area contributed by atoms with Gasteiger partial charge in [0.1, 0.15) is 0 Å². The Morgan fingerprint density at radius 3 is 2.33 bits per heavy atom. The lowest BCUT2D eigenvalue weighted by Gasteiger charge is -2.04. The fourth-order valence-corrected chi connectivity index (χ4v) is 1.87. The number of Topliss-reactive ketones (excluding diaryl/α,β-unsaturated/α-hetero) is 1. The van der Waals surface area contributed by atoms with Gasteiger partial charge in [0.05, 0.1) is 5.02 Å². The first-order valence-corrected chi connectivity index (χ1v) is 5.67. The molecule has 4 heteroatoms. The van der Waals surface area contributed by atoms with E-state index in [0.717, 1.165) is 17.7 Å². The van der Waals surface area contributed by atoms with Crippen LogP contribution in [-0.2, 0) is 6.42 Å². The Hall–Kier alpha value is -1.74. The van der Waals surface area contributed by atoms with Crippen LogP contribution >= 0.6 is 11.6 Å². The fourth-order valence-electron chi connectivity index (χ4n) is 1.61. The molecule has 0 saturated carbocycles. The highest BCUT2D eigenvalue weighted by Crippen LogP contribution is 2.21. The van der Waals surface area contributed by atoms with Crippen molar-refractivity contribution in [2.75, 3.05) is 0 Å². The van der Waals surface area contributed by atoms with Gasteiger partial charge in [0, 0.05) is 12.0 Å². The Morgan fingerprint density at radius 1 is 1.06 bits per heavy atom. The van der Waals surface area contributed by atoms with Crippen LogP contribution in [-0.4, -0.2) is 5.78 Å². The number of hydrogen-bond acceptors (Lipinski definition) is 1. The van der Waals surface area contributed by atoms with Crippen LogP contribution in [0.5, 0.6) is 0 Å². The maximum atomic E-state index is 13.1. The lowest BCUT2D eigenvalue weighted by Crippen LogP contribution is -2.05. The predicted octanol–water partition coefficient (Wildman–Crippen LogP) is 4.04. The van der Waals surface area contributed by atoms with Crippen molar-refractivity contribution >= 4 is 17.4 Å². The molecule has 0 unspecified atom stereocenters. The van der Waals surface area contributed by atoms with E-state index in [9.17, 15) is 13.6 Å². The molecule has 0 saturated heterocycles. The second-order valence-electron chi connectivity index (χ2n) is 3.83. The second kappa shape index (κ2) is 5.27. The average molecular weight is 267 g/mol. The largest absolute Gasteiger partial charge is 0.294 e. The summed E-state index contributed by atoms with van der Waals surface area (Å²) in [5.41, 5.74) is 0.794. The zero-order chi connectivity index (χ0) is 13.1. The monoisotopic (exact) mass is 266 g/mol. The third kappa shape index (κ3) is 2.74. The van der Waals surface area contributed by atoms with Gasteiger partial charge in [-0.15, -0.1) is 0 Å². The number of carbonyl (C=O) groups excluding carboxylic acids is 1. The van der Waals surface area contributed by atoms with Crippen LogP contribution in [0.25, 0.3) is 0 Å². The van der Waals surface area contributed by atoms with Gasteiger partial charge in [-0.3, -0.25) is 4.79 Å².